The van der Waals surface area contributed by atoms with E-state index in [1.54, 1.807) is 19.2 Å². The van der Waals surface area contributed by atoms with Gasteiger partial charge in [0.1, 0.15) is 5.75 Å². The number of carbonyl (C=O) groups excluding carboxylic acids is 3. The number of amides is 2. The number of methoxy groups -OCH3 is 1. The fraction of sp³-hybridized carbons (Fsp3) is 0.167. The van der Waals surface area contributed by atoms with Crippen LogP contribution < -0.4 is 4.74 Å². The van der Waals surface area contributed by atoms with Gasteiger partial charge in [-0.25, -0.2) is 4.79 Å². The monoisotopic (exact) mass is 357 g/mol. The number of fused-ring (bicyclic) bond motifs is 1. The number of hydroxylamine groups is 2. The van der Waals surface area contributed by atoms with Crippen LogP contribution >= 0.6 is 11.8 Å². The van der Waals surface area contributed by atoms with Crippen molar-refractivity contribution >= 4 is 29.5 Å². The van der Waals surface area contributed by atoms with E-state index in [1.165, 1.54) is 23.9 Å². The van der Waals surface area contributed by atoms with E-state index in [4.69, 9.17) is 9.57 Å². The lowest BCUT2D eigenvalue weighted by Crippen LogP contribution is -2.32. The molecule has 128 valence electrons. The minimum Gasteiger partial charge on any atom is -0.497 e. The number of imide groups is 1. The van der Waals surface area contributed by atoms with Crippen LogP contribution in [0.4, 0.5) is 0 Å². The summed E-state index contributed by atoms with van der Waals surface area (Å²) < 4.78 is 5.08. The van der Waals surface area contributed by atoms with Crippen LogP contribution in [0, 0.1) is 0 Å². The maximum atomic E-state index is 12.1. The number of rotatable bonds is 6. The highest BCUT2D eigenvalue weighted by molar-refractivity contribution is 7.99. The molecule has 2 aromatic rings. The molecular formula is C18H15NO5S. The Kier molecular flexibility index (Phi) is 5.04. The number of hydrogen-bond donors (Lipinski definition) is 0. The van der Waals surface area contributed by atoms with Gasteiger partial charge in [-0.2, -0.15) is 0 Å². The maximum absolute atomic E-state index is 12.1. The van der Waals surface area contributed by atoms with Crippen molar-refractivity contribution in [3.8, 4) is 5.75 Å². The lowest BCUT2D eigenvalue weighted by atomic mass is 10.1. The molecule has 25 heavy (non-hydrogen) atoms. The molecule has 1 aliphatic heterocycles. The molecule has 0 atom stereocenters. The highest BCUT2D eigenvalue weighted by Gasteiger charge is 2.38. The van der Waals surface area contributed by atoms with Crippen molar-refractivity contribution in [3.63, 3.8) is 0 Å². The maximum Gasteiger partial charge on any atom is 0.334 e. The SMILES string of the molecule is COc1ccc(SCCC(=O)ON2C(=O)c3ccccc3C2=O)cc1. The van der Waals surface area contributed by atoms with Gasteiger partial charge < -0.3 is 9.57 Å². The van der Waals surface area contributed by atoms with Crippen molar-refractivity contribution in [1.82, 2.24) is 5.06 Å². The first-order valence-electron chi connectivity index (χ1n) is 7.55. The van der Waals surface area contributed by atoms with Crippen LogP contribution in [-0.4, -0.2) is 35.7 Å². The largest absolute Gasteiger partial charge is 0.497 e. The molecule has 0 N–H and O–H groups in total. The summed E-state index contributed by atoms with van der Waals surface area (Å²) >= 11 is 1.47. The summed E-state index contributed by atoms with van der Waals surface area (Å²) in [5.41, 5.74) is 0.487. The van der Waals surface area contributed by atoms with E-state index in [0.29, 0.717) is 10.8 Å². The van der Waals surface area contributed by atoms with Crippen molar-refractivity contribution in [2.45, 2.75) is 11.3 Å². The van der Waals surface area contributed by atoms with Crippen LogP contribution in [0.2, 0.25) is 0 Å². The van der Waals surface area contributed by atoms with Crippen LogP contribution in [-0.2, 0) is 9.63 Å². The van der Waals surface area contributed by atoms with Crippen LogP contribution in [0.15, 0.2) is 53.4 Å². The van der Waals surface area contributed by atoms with E-state index in [2.05, 4.69) is 0 Å². The van der Waals surface area contributed by atoms with Crippen molar-refractivity contribution in [2.24, 2.45) is 0 Å². The fourth-order valence-corrected chi connectivity index (χ4v) is 3.15. The molecule has 0 spiro atoms. The van der Waals surface area contributed by atoms with Crippen LogP contribution in [0.3, 0.4) is 0 Å². The molecular weight excluding hydrogens is 342 g/mol. The third kappa shape index (κ3) is 3.66. The topological polar surface area (TPSA) is 72.9 Å². The molecule has 0 saturated carbocycles. The van der Waals surface area contributed by atoms with Gasteiger partial charge in [0.05, 0.1) is 24.7 Å². The molecule has 0 saturated heterocycles. The quantitative estimate of drug-likeness (QED) is 0.585. The molecule has 0 unspecified atom stereocenters. The lowest BCUT2D eigenvalue weighted by molar-refractivity contribution is -0.167. The molecule has 0 aromatic heterocycles. The first-order valence-corrected chi connectivity index (χ1v) is 8.54. The van der Waals surface area contributed by atoms with Crippen LogP contribution in [0.25, 0.3) is 0 Å². The van der Waals surface area contributed by atoms with Crippen molar-refractivity contribution in [1.29, 1.82) is 0 Å². The molecule has 1 heterocycles. The number of ether oxygens (including phenoxy) is 1. The summed E-state index contributed by atoms with van der Waals surface area (Å²) in [6, 6.07) is 13.8. The molecule has 6 nitrogen and oxygen atoms in total. The lowest BCUT2D eigenvalue weighted by Gasteiger charge is -2.12. The van der Waals surface area contributed by atoms with E-state index in [1.807, 2.05) is 24.3 Å². The Morgan fingerprint density at radius 2 is 1.60 bits per heavy atom. The zero-order chi connectivity index (χ0) is 17.8. The van der Waals surface area contributed by atoms with E-state index >= 15 is 0 Å². The normalized spacial score (nSPS) is 12.9. The Hall–Kier alpha value is -2.80. The van der Waals surface area contributed by atoms with Gasteiger partial charge in [-0.3, -0.25) is 9.59 Å². The highest BCUT2D eigenvalue weighted by Crippen LogP contribution is 2.24. The third-order valence-electron chi connectivity index (χ3n) is 3.58. The smallest absolute Gasteiger partial charge is 0.334 e. The number of nitrogens with zero attached hydrogens (tertiary/aromatic N) is 1. The van der Waals surface area contributed by atoms with Gasteiger partial charge in [-0.05, 0) is 36.4 Å². The molecule has 3 rings (SSSR count). The van der Waals surface area contributed by atoms with Crippen molar-refractivity contribution in [2.75, 3.05) is 12.9 Å². The van der Waals surface area contributed by atoms with Crippen molar-refractivity contribution < 1.29 is 24.0 Å². The zero-order valence-corrected chi connectivity index (χ0v) is 14.2. The van der Waals surface area contributed by atoms with Crippen LogP contribution in [0.1, 0.15) is 27.1 Å². The standard InChI is InChI=1S/C18H15NO5S/c1-23-12-6-8-13(9-7-12)25-11-10-16(20)24-19-17(21)14-4-2-3-5-15(14)18(19)22/h2-9H,10-11H2,1H3. The molecule has 7 heteroatoms. The summed E-state index contributed by atoms with van der Waals surface area (Å²) in [6.45, 7) is 0. The van der Waals surface area contributed by atoms with Gasteiger partial charge in [-0.15, -0.1) is 11.8 Å². The molecule has 0 radical (unpaired) electrons. The van der Waals surface area contributed by atoms with Gasteiger partial charge in [0.25, 0.3) is 11.8 Å². The first kappa shape index (κ1) is 17.0. The Labute approximate surface area is 148 Å². The second kappa shape index (κ2) is 7.40. The number of hydrogen-bond acceptors (Lipinski definition) is 6. The Bertz CT molecular complexity index is 783. The van der Waals surface area contributed by atoms with Gasteiger partial charge in [0, 0.05) is 10.6 Å². The summed E-state index contributed by atoms with van der Waals surface area (Å²) in [4.78, 5) is 42.1. The van der Waals surface area contributed by atoms with Gasteiger partial charge in [0.15, 0.2) is 0 Å². The average Bonchev–Trinajstić information content (AvgIpc) is 2.88. The van der Waals surface area contributed by atoms with E-state index < -0.39 is 17.8 Å². The summed E-state index contributed by atoms with van der Waals surface area (Å²) in [6.07, 6.45) is 0.0735. The molecule has 1 aliphatic rings. The molecule has 0 aliphatic carbocycles. The second-order valence-electron chi connectivity index (χ2n) is 5.19. The van der Waals surface area contributed by atoms with Crippen molar-refractivity contribution in [3.05, 3.63) is 59.7 Å². The Morgan fingerprint density at radius 3 is 2.16 bits per heavy atom. The van der Waals surface area contributed by atoms with E-state index in [-0.39, 0.29) is 17.5 Å². The molecule has 0 fully saturated rings. The Balaban J connectivity index is 1.51. The minimum atomic E-state index is -0.629. The number of thioether (sulfide) groups is 1. The first-order chi connectivity index (χ1) is 12.1. The minimum absolute atomic E-state index is 0.0735. The molecule has 0 bridgehead atoms. The second-order valence-corrected chi connectivity index (χ2v) is 6.36. The number of benzene rings is 2. The van der Waals surface area contributed by atoms with E-state index in [0.717, 1.165) is 10.6 Å². The van der Waals surface area contributed by atoms with Gasteiger partial charge in [0.2, 0.25) is 0 Å². The summed E-state index contributed by atoms with van der Waals surface area (Å²) in [7, 11) is 1.59. The van der Waals surface area contributed by atoms with Gasteiger partial charge in [-0.1, -0.05) is 17.2 Å². The molecule has 2 aromatic carbocycles. The summed E-state index contributed by atoms with van der Waals surface area (Å²) in [5.74, 6) is -0.632. The van der Waals surface area contributed by atoms with E-state index in [9.17, 15) is 14.4 Å². The van der Waals surface area contributed by atoms with Gasteiger partial charge >= 0.3 is 5.97 Å². The average molecular weight is 357 g/mol. The third-order valence-corrected chi connectivity index (χ3v) is 4.60. The highest BCUT2D eigenvalue weighted by atomic mass is 32.2. The number of carbonyl (C=O) groups is 3. The molecule has 2 amide bonds. The summed E-state index contributed by atoms with van der Waals surface area (Å²) in [5, 5.41) is 0.533. The van der Waals surface area contributed by atoms with Crippen LogP contribution in [0.5, 0.6) is 5.75 Å². The fourth-order valence-electron chi connectivity index (χ4n) is 2.32. The Morgan fingerprint density at radius 1 is 1.00 bits per heavy atom. The predicted octanol–water partition coefficient (Wildman–Crippen LogP) is 2.93. The zero-order valence-electron chi connectivity index (χ0n) is 13.4. The predicted molar refractivity (Wildman–Crippen MR) is 91.4 cm³/mol.